The van der Waals surface area contributed by atoms with E-state index in [1.54, 1.807) is 0 Å². The third-order valence-corrected chi connectivity index (χ3v) is 3.08. The Kier molecular flexibility index (Phi) is 3.03. The van der Waals surface area contributed by atoms with Crippen LogP contribution in [0.5, 0.6) is 0 Å². The van der Waals surface area contributed by atoms with E-state index in [4.69, 9.17) is 5.73 Å². The lowest BCUT2D eigenvalue weighted by molar-refractivity contribution is 0.472. The van der Waals surface area contributed by atoms with Crippen LogP contribution in [-0.4, -0.2) is 9.78 Å². The summed E-state index contributed by atoms with van der Waals surface area (Å²) >= 11 is 0. The van der Waals surface area contributed by atoms with Crippen LogP contribution in [0, 0.1) is 6.92 Å². The molecule has 1 heterocycles. The minimum Gasteiger partial charge on any atom is -0.321 e. The fourth-order valence-electron chi connectivity index (χ4n) is 2.13. The molecule has 0 radical (unpaired) electrons. The Morgan fingerprint density at radius 2 is 1.94 bits per heavy atom. The Labute approximate surface area is 102 Å². The first kappa shape index (κ1) is 11.9. The number of nitrogens with two attached hydrogens (primary N) is 1. The number of rotatable bonds is 3. The maximum atomic E-state index is 6.41. The van der Waals surface area contributed by atoms with Gasteiger partial charge in [0.25, 0.3) is 0 Å². The highest BCUT2D eigenvalue weighted by molar-refractivity contribution is 5.25. The van der Waals surface area contributed by atoms with Crippen LogP contribution in [0.4, 0.5) is 0 Å². The Morgan fingerprint density at radius 1 is 1.29 bits per heavy atom. The van der Waals surface area contributed by atoms with Gasteiger partial charge in [-0.15, -0.1) is 0 Å². The summed E-state index contributed by atoms with van der Waals surface area (Å²) in [6.45, 7) is 4.06. The van der Waals surface area contributed by atoms with Gasteiger partial charge in [-0.05, 0) is 25.5 Å². The lowest BCUT2D eigenvalue weighted by atomic mass is 9.88. The van der Waals surface area contributed by atoms with Gasteiger partial charge < -0.3 is 5.73 Å². The smallest absolute Gasteiger partial charge is 0.0596 e. The van der Waals surface area contributed by atoms with Crippen molar-refractivity contribution in [3.8, 4) is 0 Å². The summed E-state index contributed by atoms with van der Waals surface area (Å²) in [5.74, 6) is 0. The molecule has 0 saturated heterocycles. The van der Waals surface area contributed by atoms with Gasteiger partial charge in [-0.3, -0.25) is 4.68 Å². The van der Waals surface area contributed by atoms with Crippen LogP contribution < -0.4 is 5.73 Å². The highest BCUT2D eigenvalue weighted by atomic mass is 15.3. The molecule has 0 saturated carbocycles. The van der Waals surface area contributed by atoms with Crippen LogP contribution in [0.25, 0.3) is 0 Å². The second-order valence-corrected chi connectivity index (χ2v) is 4.86. The van der Waals surface area contributed by atoms with Gasteiger partial charge in [0.15, 0.2) is 0 Å². The van der Waals surface area contributed by atoms with Crippen molar-refractivity contribution >= 4 is 0 Å². The summed E-state index contributed by atoms with van der Waals surface area (Å²) < 4.78 is 1.91. The van der Waals surface area contributed by atoms with Gasteiger partial charge in [0.2, 0.25) is 0 Å². The fraction of sp³-hybridized carbons (Fsp3) is 0.357. The molecule has 2 rings (SSSR count). The van der Waals surface area contributed by atoms with E-state index in [9.17, 15) is 0 Å². The van der Waals surface area contributed by atoms with Gasteiger partial charge in [0, 0.05) is 24.7 Å². The van der Waals surface area contributed by atoms with Crippen LogP contribution in [0.3, 0.4) is 0 Å². The third kappa shape index (κ3) is 2.56. The van der Waals surface area contributed by atoms with Crippen molar-refractivity contribution in [2.24, 2.45) is 12.8 Å². The van der Waals surface area contributed by atoms with Crippen LogP contribution in [0.2, 0.25) is 0 Å². The predicted molar refractivity (Wildman–Crippen MR) is 69.6 cm³/mol. The summed E-state index contributed by atoms with van der Waals surface area (Å²) in [5.41, 5.74) is 9.40. The van der Waals surface area contributed by atoms with Crippen molar-refractivity contribution < 1.29 is 0 Å². The van der Waals surface area contributed by atoms with E-state index < -0.39 is 0 Å². The average Bonchev–Trinajstić information content (AvgIpc) is 2.58. The van der Waals surface area contributed by atoms with Crippen LogP contribution in [-0.2, 0) is 19.0 Å². The predicted octanol–water partition coefficient (Wildman–Crippen LogP) is 2.15. The summed E-state index contributed by atoms with van der Waals surface area (Å²) in [7, 11) is 1.96. The normalized spacial score (nSPS) is 14.6. The van der Waals surface area contributed by atoms with Crippen LogP contribution >= 0.6 is 0 Å². The number of hydrogen-bond acceptors (Lipinski definition) is 2. The minimum atomic E-state index is -0.360. The highest BCUT2D eigenvalue weighted by Crippen LogP contribution is 2.22. The number of hydrogen-bond donors (Lipinski definition) is 1. The maximum absolute atomic E-state index is 6.41. The Hall–Kier alpha value is -1.61. The molecule has 1 aromatic heterocycles. The first-order valence-electron chi connectivity index (χ1n) is 5.83. The van der Waals surface area contributed by atoms with Gasteiger partial charge in [0.05, 0.1) is 5.69 Å². The second kappa shape index (κ2) is 4.34. The van der Waals surface area contributed by atoms with Crippen molar-refractivity contribution in [2.45, 2.75) is 25.8 Å². The molecule has 1 aromatic carbocycles. The van der Waals surface area contributed by atoms with E-state index in [2.05, 4.69) is 30.2 Å². The topological polar surface area (TPSA) is 43.8 Å². The second-order valence-electron chi connectivity index (χ2n) is 4.86. The number of nitrogens with zero attached hydrogens (tertiary/aromatic N) is 2. The molecular formula is C14H19N3. The molecule has 0 spiro atoms. The zero-order chi connectivity index (χ0) is 12.5. The monoisotopic (exact) mass is 229 g/mol. The number of aryl methyl sites for hydroxylation is 2. The molecule has 1 atom stereocenters. The third-order valence-electron chi connectivity index (χ3n) is 3.08. The van der Waals surface area contributed by atoms with E-state index in [0.717, 1.165) is 23.4 Å². The van der Waals surface area contributed by atoms with Crippen molar-refractivity contribution in [3.63, 3.8) is 0 Å². The number of aromatic nitrogens is 2. The molecule has 0 bridgehead atoms. The lowest BCUT2D eigenvalue weighted by Gasteiger charge is -2.25. The van der Waals surface area contributed by atoms with Crippen molar-refractivity contribution in [1.29, 1.82) is 0 Å². The van der Waals surface area contributed by atoms with Gasteiger partial charge in [-0.2, -0.15) is 5.10 Å². The quantitative estimate of drug-likeness (QED) is 0.876. The van der Waals surface area contributed by atoms with Gasteiger partial charge in [-0.25, -0.2) is 0 Å². The molecule has 3 heteroatoms. The molecule has 0 amide bonds. The molecule has 17 heavy (non-hydrogen) atoms. The summed E-state index contributed by atoms with van der Waals surface area (Å²) in [4.78, 5) is 0. The highest BCUT2D eigenvalue weighted by Gasteiger charge is 2.23. The lowest BCUT2D eigenvalue weighted by Crippen LogP contribution is -2.36. The Bertz CT molecular complexity index is 497. The van der Waals surface area contributed by atoms with Gasteiger partial charge in [-0.1, -0.05) is 30.3 Å². The number of benzene rings is 1. The molecule has 0 aliphatic carbocycles. The van der Waals surface area contributed by atoms with Gasteiger partial charge in [0.1, 0.15) is 0 Å². The Morgan fingerprint density at radius 3 is 2.47 bits per heavy atom. The first-order valence-corrected chi connectivity index (χ1v) is 5.83. The zero-order valence-corrected chi connectivity index (χ0v) is 10.6. The van der Waals surface area contributed by atoms with E-state index in [0.29, 0.717) is 0 Å². The van der Waals surface area contributed by atoms with Crippen LogP contribution in [0.1, 0.15) is 23.9 Å². The molecule has 2 N–H and O–H groups in total. The molecule has 90 valence electrons. The molecule has 1 unspecified atom stereocenters. The first-order chi connectivity index (χ1) is 7.99. The largest absolute Gasteiger partial charge is 0.321 e. The van der Waals surface area contributed by atoms with Crippen molar-refractivity contribution in [3.05, 3.63) is 53.3 Å². The summed E-state index contributed by atoms with van der Waals surface area (Å²) in [6.07, 6.45) is 0.786. The van der Waals surface area contributed by atoms with E-state index in [1.165, 1.54) is 0 Å². The van der Waals surface area contributed by atoms with Gasteiger partial charge >= 0.3 is 0 Å². The van der Waals surface area contributed by atoms with E-state index in [1.807, 2.05) is 36.9 Å². The average molecular weight is 229 g/mol. The van der Waals surface area contributed by atoms with Crippen LogP contribution in [0.15, 0.2) is 36.4 Å². The summed E-state index contributed by atoms with van der Waals surface area (Å²) in [6, 6.07) is 12.3. The minimum absolute atomic E-state index is 0.360. The molecule has 2 aromatic rings. The molecule has 0 aliphatic heterocycles. The molecule has 0 fully saturated rings. The van der Waals surface area contributed by atoms with Crippen molar-refractivity contribution in [2.75, 3.05) is 0 Å². The SMILES string of the molecule is Cc1cc(CC(C)(N)c2ccccc2)n(C)n1. The fourth-order valence-corrected chi connectivity index (χ4v) is 2.13. The summed E-state index contributed by atoms with van der Waals surface area (Å²) in [5, 5.41) is 4.35. The Balaban J connectivity index is 2.26. The van der Waals surface area contributed by atoms with E-state index >= 15 is 0 Å². The van der Waals surface area contributed by atoms with E-state index in [-0.39, 0.29) is 5.54 Å². The maximum Gasteiger partial charge on any atom is 0.0596 e. The standard InChI is InChI=1S/C14H19N3/c1-11-9-13(17(3)16-11)10-14(2,15)12-7-5-4-6-8-12/h4-9H,10,15H2,1-3H3. The molecular weight excluding hydrogens is 210 g/mol. The molecule has 3 nitrogen and oxygen atoms in total. The zero-order valence-electron chi connectivity index (χ0n) is 10.6. The van der Waals surface area contributed by atoms with Crippen molar-refractivity contribution in [1.82, 2.24) is 9.78 Å². The molecule has 0 aliphatic rings.